The minimum Gasteiger partial charge on any atom is -0.497 e. The van der Waals surface area contributed by atoms with Crippen LogP contribution in [0.25, 0.3) is 11.1 Å². The molecule has 4 nitrogen and oxygen atoms in total. The number of ether oxygens (including phenoxy) is 1. The molecule has 21 heavy (non-hydrogen) atoms. The van der Waals surface area contributed by atoms with E-state index in [1.165, 1.54) is 31.4 Å². The lowest BCUT2D eigenvalue weighted by Gasteiger charge is -2.06. The van der Waals surface area contributed by atoms with Gasteiger partial charge in [0.25, 0.3) is 0 Å². The van der Waals surface area contributed by atoms with Crippen molar-refractivity contribution in [3.8, 4) is 16.9 Å². The van der Waals surface area contributed by atoms with E-state index in [2.05, 4.69) is 22.3 Å². The molecule has 0 amide bonds. The monoisotopic (exact) mass is 283 g/mol. The maximum absolute atomic E-state index is 6.13. The number of methoxy groups -OCH3 is 1. The predicted molar refractivity (Wildman–Crippen MR) is 83.2 cm³/mol. The van der Waals surface area contributed by atoms with Gasteiger partial charge in [0.05, 0.1) is 7.11 Å². The average Bonchev–Trinajstić information content (AvgIpc) is 3.14. The molecule has 1 heterocycles. The number of nitrogen functional groups attached to an aromatic ring is 1. The lowest BCUT2D eigenvalue weighted by atomic mass is 10.0. The van der Waals surface area contributed by atoms with Crippen LogP contribution in [0.15, 0.2) is 24.3 Å². The first kappa shape index (κ1) is 12.7. The minimum absolute atomic E-state index is 0.610. The summed E-state index contributed by atoms with van der Waals surface area (Å²) in [5.41, 5.74) is 9.59. The Kier molecular flexibility index (Phi) is 2.91. The van der Waals surface area contributed by atoms with Crippen LogP contribution in [-0.4, -0.2) is 17.3 Å². The van der Waals surface area contributed by atoms with E-state index in [1.54, 1.807) is 7.11 Å². The van der Waals surface area contributed by atoms with E-state index in [1.807, 2.05) is 12.1 Å². The van der Waals surface area contributed by atoms with Crippen molar-refractivity contribution in [1.29, 1.82) is 0 Å². The summed E-state index contributed by atoms with van der Waals surface area (Å²) in [4.78, 5) is 0. The molecule has 110 valence electrons. The topological polar surface area (TPSA) is 63.9 Å². The molecule has 2 fully saturated rings. The maximum Gasteiger partial charge on any atom is 0.153 e. The highest BCUT2D eigenvalue weighted by Gasteiger charge is 2.53. The first-order chi connectivity index (χ1) is 10.3. The van der Waals surface area contributed by atoms with Gasteiger partial charge in [-0.2, -0.15) is 5.10 Å². The number of fused-ring (bicyclic) bond motifs is 1. The van der Waals surface area contributed by atoms with E-state index >= 15 is 0 Å². The largest absolute Gasteiger partial charge is 0.497 e. The van der Waals surface area contributed by atoms with Gasteiger partial charge in [-0.15, -0.1) is 0 Å². The number of anilines is 1. The lowest BCUT2D eigenvalue weighted by Crippen LogP contribution is -1.91. The summed E-state index contributed by atoms with van der Waals surface area (Å²) >= 11 is 0. The standard InChI is InChI=1S/C17H21N3O/c1-21-11-8-6-10(7-9-11)14-16(19-20-17(14)18)15-12-4-2-3-5-13(12)15/h6-9,12-13,15H,2-5H2,1H3,(H3,18,19,20). The molecule has 4 heteroatoms. The molecule has 0 radical (unpaired) electrons. The Bertz CT molecular complexity index is 635. The molecule has 2 saturated carbocycles. The van der Waals surface area contributed by atoms with Gasteiger partial charge in [-0.25, -0.2) is 0 Å². The molecule has 2 aromatic rings. The van der Waals surface area contributed by atoms with Gasteiger partial charge in [-0.1, -0.05) is 25.0 Å². The second kappa shape index (κ2) is 4.79. The van der Waals surface area contributed by atoms with E-state index in [0.717, 1.165) is 28.7 Å². The number of aromatic nitrogens is 2. The fraction of sp³-hybridized carbons (Fsp3) is 0.471. The van der Waals surface area contributed by atoms with E-state index in [0.29, 0.717) is 11.7 Å². The molecule has 3 N–H and O–H groups in total. The Labute approximate surface area is 124 Å². The van der Waals surface area contributed by atoms with E-state index in [-0.39, 0.29) is 0 Å². The van der Waals surface area contributed by atoms with Gasteiger partial charge in [-0.3, -0.25) is 5.10 Å². The number of benzene rings is 1. The van der Waals surface area contributed by atoms with Crippen molar-refractivity contribution in [2.24, 2.45) is 11.8 Å². The van der Waals surface area contributed by atoms with Crippen molar-refractivity contribution >= 4 is 5.82 Å². The van der Waals surface area contributed by atoms with Crippen LogP contribution in [0.1, 0.15) is 37.3 Å². The highest BCUT2D eigenvalue weighted by molar-refractivity contribution is 5.77. The molecule has 0 bridgehead atoms. The molecule has 1 aromatic carbocycles. The van der Waals surface area contributed by atoms with E-state index < -0.39 is 0 Å². The average molecular weight is 283 g/mol. The number of H-pyrrole nitrogens is 1. The SMILES string of the molecule is COc1ccc(-c2c(N)n[nH]c2C2C3CCCCC32)cc1. The summed E-state index contributed by atoms with van der Waals surface area (Å²) in [5, 5.41) is 7.49. The van der Waals surface area contributed by atoms with Gasteiger partial charge >= 0.3 is 0 Å². The molecule has 1 aromatic heterocycles. The van der Waals surface area contributed by atoms with Crippen LogP contribution in [0.5, 0.6) is 5.75 Å². The third-order valence-electron chi connectivity index (χ3n) is 5.19. The Hall–Kier alpha value is -1.97. The normalized spacial score (nSPS) is 27.2. The second-order valence-corrected chi connectivity index (χ2v) is 6.26. The number of hydrogen-bond donors (Lipinski definition) is 2. The van der Waals surface area contributed by atoms with E-state index in [9.17, 15) is 0 Å². The van der Waals surface area contributed by atoms with Crippen molar-refractivity contribution < 1.29 is 4.74 Å². The second-order valence-electron chi connectivity index (χ2n) is 6.26. The molecule has 2 atom stereocenters. The molecule has 2 aliphatic rings. The number of nitrogens with one attached hydrogen (secondary N) is 1. The summed E-state index contributed by atoms with van der Waals surface area (Å²) < 4.78 is 5.23. The lowest BCUT2D eigenvalue weighted by molar-refractivity contribution is 0.415. The Morgan fingerprint density at radius 2 is 1.81 bits per heavy atom. The molecule has 0 spiro atoms. The van der Waals surface area contributed by atoms with Gasteiger partial charge in [0.2, 0.25) is 0 Å². The van der Waals surface area contributed by atoms with Gasteiger partial charge in [0.1, 0.15) is 5.75 Å². The van der Waals surface area contributed by atoms with Crippen LogP contribution in [0.3, 0.4) is 0 Å². The summed E-state index contributed by atoms with van der Waals surface area (Å²) in [5.74, 6) is 3.79. The van der Waals surface area contributed by atoms with Crippen LogP contribution >= 0.6 is 0 Å². The van der Waals surface area contributed by atoms with Crippen LogP contribution in [0.4, 0.5) is 5.82 Å². The Morgan fingerprint density at radius 1 is 1.14 bits per heavy atom. The molecule has 2 aliphatic carbocycles. The van der Waals surface area contributed by atoms with Crippen LogP contribution in [-0.2, 0) is 0 Å². The predicted octanol–water partition coefficient (Wildman–Crippen LogP) is 3.57. The zero-order valence-electron chi connectivity index (χ0n) is 12.3. The molecular formula is C17H21N3O. The molecule has 2 unspecified atom stereocenters. The van der Waals surface area contributed by atoms with Gasteiger partial charge < -0.3 is 10.5 Å². The highest BCUT2D eigenvalue weighted by Crippen LogP contribution is 2.62. The third-order valence-corrected chi connectivity index (χ3v) is 5.19. The van der Waals surface area contributed by atoms with Gasteiger partial charge in [0.15, 0.2) is 5.82 Å². The maximum atomic E-state index is 6.13. The Morgan fingerprint density at radius 3 is 2.43 bits per heavy atom. The van der Waals surface area contributed by atoms with Crippen LogP contribution < -0.4 is 10.5 Å². The number of nitrogens with zero attached hydrogens (tertiary/aromatic N) is 1. The smallest absolute Gasteiger partial charge is 0.153 e. The van der Waals surface area contributed by atoms with Gasteiger partial charge in [-0.05, 0) is 42.4 Å². The summed E-state index contributed by atoms with van der Waals surface area (Å²) in [6.07, 6.45) is 5.46. The van der Waals surface area contributed by atoms with Crippen molar-refractivity contribution in [2.45, 2.75) is 31.6 Å². The third kappa shape index (κ3) is 2.01. The molecular weight excluding hydrogens is 262 g/mol. The van der Waals surface area contributed by atoms with Crippen LogP contribution in [0.2, 0.25) is 0 Å². The zero-order chi connectivity index (χ0) is 14.4. The minimum atomic E-state index is 0.610. The zero-order valence-corrected chi connectivity index (χ0v) is 12.3. The van der Waals surface area contributed by atoms with Crippen molar-refractivity contribution in [3.05, 3.63) is 30.0 Å². The number of rotatable bonds is 3. The summed E-state index contributed by atoms with van der Waals surface area (Å²) in [6, 6.07) is 8.09. The van der Waals surface area contributed by atoms with Crippen molar-refractivity contribution in [1.82, 2.24) is 10.2 Å². The number of nitrogens with two attached hydrogens (primary N) is 1. The fourth-order valence-corrected chi connectivity index (χ4v) is 4.09. The van der Waals surface area contributed by atoms with Crippen molar-refractivity contribution in [2.75, 3.05) is 12.8 Å². The molecule has 0 aliphatic heterocycles. The highest BCUT2D eigenvalue weighted by atomic mass is 16.5. The fourth-order valence-electron chi connectivity index (χ4n) is 4.09. The first-order valence-electron chi connectivity index (χ1n) is 7.77. The number of aromatic amines is 1. The summed E-state index contributed by atoms with van der Waals surface area (Å²) in [6.45, 7) is 0. The van der Waals surface area contributed by atoms with E-state index in [4.69, 9.17) is 10.5 Å². The van der Waals surface area contributed by atoms with Crippen molar-refractivity contribution in [3.63, 3.8) is 0 Å². The van der Waals surface area contributed by atoms with Crippen LogP contribution in [0, 0.1) is 11.8 Å². The Balaban J connectivity index is 1.70. The quantitative estimate of drug-likeness (QED) is 0.905. The van der Waals surface area contributed by atoms with Gasteiger partial charge in [0, 0.05) is 17.2 Å². The summed E-state index contributed by atoms with van der Waals surface area (Å²) in [7, 11) is 1.68. The molecule has 0 saturated heterocycles. The number of hydrogen-bond acceptors (Lipinski definition) is 3. The first-order valence-corrected chi connectivity index (χ1v) is 7.77. The molecule has 4 rings (SSSR count).